The van der Waals surface area contributed by atoms with Gasteiger partial charge in [0.1, 0.15) is 43.2 Å². The number of carbonyl (C=O) groups excluding carboxylic acids is 3. The molecule has 0 spiro atoms. The van der Waals surface area contributed by atoms with Crippen LogP contribution in [0.4, 0.5) is 0 Å². The molecule has 28 heteroatoms. The molecule has 432 valence electrons. The van der Waals surface area contributed by atoms with Crippen molar-refractivity contribution in [3.8, 4) is 0 Å². The van der Waals surface area contributed by atoms with Gasteiger partial charge in [0.15, 0.2) is 11.2 Å². The topological polar surface area (TPSA) is 366 Å². The molecule has 0 saturated heterocycles. The Bertz CT molecular complexity index is 1660. The maximum atomic E-state index is 13.3. The summed E-state index contributed by atoms with van der Waals surface area (Å²) in [6, 6.07) is 0. The predicted octanol–water partition coefficient (Wildman–Crippen LogP) is 9.12. The van der Waals surface area contributed by atoms with Gasteiger partial charge in [0, 0.05) is 25.0 Å². The molecule has 0 aromatic carbocycles. The summed E-state index contributed by atoms with van der Waals surface area (Å²) in [5, 5.41) is 22.2. The highest BCUT2D eigenvalue weighted by Crippen LogP contribution is 2.53. The fourth-order valence-electron chi connectivity index (χ4n) is 8.16. The van der Waals surface area contributed by atoms with Gasteiger partial charge in [-0.25, -0.2) is 18.3 Å². The number of hydrogen-bond donors (Lipinski definition) is 9. The first-order chi connectivity index (χ1) is 34.4. The molecule has 1 fully saturated rings. The van der Waals surface area contributed by atoms with Crippen molar-refractivity contribution in [2.45, 2.75) is 249 Å². The lowest BCUT2D eigenvalue weighted by Gasteiger charge is -2.45. The molecule has 0 heterocycles. The first-order valence-corrected chi connectivity index (χ1v) is 33.2. The molecule has 8 atom stereocenters. The van der Waals surface area contributed by atoms with Crippen LogP contribution in [0.3, 0.4) is 0 Å². The highest BCUT2D eigenvalue weighted by Gasteiger charge is 2.59. The van der Waals surface area contributed by atoms with Crippen LogP contribution in [-0.4, -0.2) is 123 Å². The molecule has 1 aliphatic rings. The van der Waals surface area contributed by atoms with Crippen LogP contribution < -0.4 is 0 Å². The maximum Gasteiger partial charge on any atom is 0.472 e. The number of phosphoric ester groups is 4. The van der Waals surface area contributed by atoms with Crippen LogP contribution in [-0.2, 0) is 64.7 Å². The number of carbonyl (C=O) groups is 3. The van der Waals surface area contributed by atoms with E-state index >= 15 is 0 Å². The van der Waals surface area contributed by atoms with Crippen LogP contribution in [0, 0.1) is 0 Å². The van der Waals surface area contributed by atoms with E-state index in [0.29, 0.717) is 19.3 Å². The van der Waals surface area contributed by atoms with Crippen LogP contribution in [0.1, 0.15) is 206 Å². The maximum absolute atomic E-state index is 13.3. The average molecular weight is 1150 g/mol. The Hall–Kier alpha value is -0.680. The van der Waals surface area contributed by atoms with E-state index in [2.05, 4.69) is 20.5 Å². The molecule has 0 radical (unpaired) electrons. The van der Waals surface area contributed by atoms with Crippen molar-refractivity contribution >= 4 is 60.1 Å². The second-order valence-corrected chi connectivity index (χ2v) is 24.7. The number of rotatable bonds is 46. The van der Waals surface area contributed by atoms with Crippen molar-refractivity contribution in [1.82, 2.24) is 0 Å². The molecular formula is C45H88O23P4S. The quantitative estimate of drug-likeness (QED) is 0.0156. The van der Waals surface area contributed by atoms with E-state index in [-0.39, 0.29) is 18.0 Å². The molecule has 4 unspecified atom stereocenters. The normalized spacial score (nSPS) is 20.9. The second-order valence-electron chi connectivity index (χ2n) is 18.6. The molecule has 9 N–H and O–H groups in total. The van der Waals surface area contributed by atoms with Crippen molar-refractivity contribution in [2.75, 3.05) is 19.0 Å². The Morgan fingerprint density at radius 2 is 0.808 bits per heavy atom. The zero-order chi connectivity index (χ0) is 54.8. The third kappa shape index (κ3) is 37.7. The summed E-state index contributed by atoms with van der Waals surface area (Å²) in [6.07, 6.45) is 10.9. The van der Waals surface area contributed by atoms with E-state index in [1.807, 2.05) is 6.92 Å². The van der Waals surface area contributed by atoms with E-state index in [1.54, 1.807) is 0 Å². The summed E-state index contributed by atoms with van der Waals surface area (Å²) in [6.45, 7) is 2.54. The van der Waals surface area contributed by atoms with Gasteiger partial charge in [0.2, 0.25) is 0 Å². The molecule has 0 bridgehead atoms. The van der Waals surface area contributed by atoms with Gasteiger partial charge >= 0.3 is 43.2 Å². The summed E-state index contributed by atoms with van der Waals surface area (Å²) in [5.74, 6) is -0.508. The predicted molar refractivity (Wildman–Crippen MR) is 272 cm³/mol. The molecule has 1 aliphatic carbocycles. The van der Waals surface area contributed by atoms with Crippen LogP contribution in [0.5, 0.6) is 0 Å². The number of aliphatic hydroxyl groups excluding tert-OH is 2. The zero-order valence-corrected chi connectivity index (χ0v) is 47.2. The highest BCUT2D eigenvalue weighted by molar-refractivity contribution is 8.13. The number of thioether (sulfide) groups is 1. The van der Waals surface area contributed by atoms with Gasteiger partial charge in [-0.3, -0.25) is 37.0 Å². The van der Waals surface area contributed by atoms with E-state index in [9.17, 15) is 77.1 Å². The van der Waals surface area contributed by atoms with Gasteiger partial charge in [-0.1, -0.05) is 173 Å². The number of unbranched alkanes of at least 4 members (excludes halogenated alkanes) is 24. The van der Waals surface area contributed by atoms with Gasteiger partial charge in [-0.05, 0) is 25.7 Å². The number of esters is 2. The minimum absolute atomic E-state index is 0.0235. The highest BCUT2D eigenvalue weighted by atomic mass is 32.2. The third-order valence-electron chi connectivity index (χ3n) is 11.9. The molecule has 0 amide bonds. The Morgan fingerprint density at radius 1 is 0.438 bits per heavy atom. The largest absolute Gasteiger partial charge is 0.472 e. The first-order valence-electron chi connectivity index (χ1n) is 26.1. The van der Waals surface area contributed by atoms with Crippen molar-refractivity contribution in [3.05, 3.63) is 0 Å². The van der Waals surface area contributed by atoms with Crippen molar-refractivity contribution < 1.29 is 109 Å². The lowest BCUT2D eigenvalue weighted by molar-refractivity contribution is -0.209. The monoisotopic (exact) mass is 1150 g/mol. The molecule has 0 aromatic heterocycles. The lowest BCUT2D eigenvalue weighted by atomic mass is 9.85. The number of ether oxygens (including phenoxy) is 2. The summed E-state index contributed by atoms with van der Waals surface area (Å²) in [7, 11) is -23.0. The lowest BCUT2D eigenvalue weighted by Crippen LogP contribution is -2.65. The Balaban J connectivity index is 2.80. The first kappa shape index (κ1) is 70.3. The zero-order valence-electron chi connectivity index (χ0n) is 42.8. The van der Waals surface area contributed by atoms with Crippen LogP contribution in [0.15, 0.2) is 0 Å². The molecule has 73 heavy (non-hydrogen) atoms. The van der Waals surface area contributed by atoms with Crippen molar-refractivity contribution in [3.63, 3.8) is 0 Å². The molecule has 1 saturated carbocycles. The fourth-order valence-corrected chi connectivity index (χ4v) is 11.7. The van der Waals surface area contributed by atoms with E-state index < -0.39 is 99.2 Å². The second kappa shape index (κ2) is 39.6. The Morgan fingerprint density at radius 3 is 1.21 bits per heavy atom. The Kier molecular flexibility index (Phi) is 38.2. The van der Waals surface area contributed by atoms with Gasteiger partial charge in [0.25, 0.3) is 0 Å². The molecule has 23 nitrogen and oxygen atoms in total. The molecule has 0 aromatic rings. The van der Waals surface area contributed by atoms with Gasteiger partial charge < -0.3 is 53.9 Å². The van der Waals surface area contributed by atoms with Crippen molar-refractivity contribution in [2.24, 2.45) is 0 Å². The SMILES string of the molecule is CCCCCCCCCCCCCCCC(=O)O[C@H](COC(=O)CCCCCCCCCCCCCCCSC(=O)CCC)COP(=O)(O)OC1C(O)[C@@H](OP(=O)(O)O)C(OP(=O)(O)O)[C@@H](OP(=O)(O)O)[C@H]1O. The Labute approximate surface area is 436 Å². The number of aliphatic hydroxyl groups is 2. The average Bonchev–Trinajstić information content (AvgIpc) is 3.29. The third-order valence-corrected chi connectivity index (χ3v) is 15.5. The summed E-state index contributed by atoms with van der Waals surface area (Å²) >= 11 is 1.45. The van der Waals surface area contributed by atoms with Crippen molar-refractivity contribution in [1.29, 1.82) is 0 Å². The minimum atomic E-state index is -5.79. The standard InChI is InChI=1S/C45H88O23P4S/c1-3-5-6-7-8-9-10-12-16-19-22-25-28-32-38(47)64-36(34-62-37(46)31-27-24-21-18-15-13-11-14-17-20-23-26-29-33-73-39(48)30-4-2)35-63-72(60,61)68-42-40(49)43(65-69(51,52)53)45(67-71(57,58)59)44(41(42)50)66-70(54,55)56/h36,40-45,49-50H,3-35H2,1-2H3,(H,60,61)(H2,51,52,53)(H2,54,55,56)(H2,57,58,59)/t36-,40+,41?,42?,43+,44-,45?/m1/s1. The fraction of sp³-hybridized carbons (Fsp3) is 0.933. The van der Waals surface area contributed by atoms with Gasteiger partial charge in [0.05, 0.1) is 6.61 Å². The number of hydrogen-bond acceptors (Lipinski definition) is 17. The van der Waals surface area contributed by atoms with E-state index in [0.717, 1.165) is 95.6 Å². The van der Waals surface area contributed by atoms with E-state index in [1.165, 1.54) is 82.4 Å². The van der Waals surface area contributed by atoms with Gasteiger partial charge in [-0.2, -0.15) is 0 Å². The van der Waals surface area contributed by atoms with Crippen LogP contribution >= 0.6 is 43.1 Å². The van der Waals surface area contributed by atoms with Crippen LogP contribution in [0.2, 0.25) is 0 Å². The van der Waals surface area contributed by atoms with E-state index in [4.69, 9.17) is 18.5 Å². The summed E-state index contributed by atoms with van der Waals surface area (Å²) < 4.78 is 82.3. The minimum Gasteiger partial charge on any atom is -0.462 e. The molecule has 0 aliphatic heterocycles. The number of phosphoric acid groups is 4. The van der Waals surface area contributed by atoms with Gasteiger partial charge in [-0.15, -0.1) is 0 Å². The summed E-state index contributed by atoms with van der Waals surface area (Å²) in [5.41, 5.74) is 0. The van der Waals surface area contributed by atoms with Crippen LogP contribution in [0.25, 0.3) is 0 Å². The molecule has 1 rings (SSSR count). The smallest absolute Gasteiger partial charge is 0.462 e. The summed E-state index contributed by atoms with van der Waals surface area (Å²) in [4.78, 5) is 105. The molecular weight excluding hydrogens is 1060 g/mol.